The molecule has 3 aromatic carbocycles. The molecule has 1 atom stereocenters. The highest BCUT2D eigenvalue weighted by atomic mass is 16.5. The summed E-state index contributed by atoms with van der Waals surface area (Å²) in [6.45, 7) is 0.0842. The van der Waals surface area contributed by atoms with E-state index in [4.69, 9.17) is 9.47 Å². The van der Waals surface area contributed by atoms with Gasteiger partial charge in [-0.25, -0.2) is 9.59 Å². The van der Waals surface area contributed by atoms with Crippen molar-refractivity contribution in [3.05, 3.63) is 89.0 Å². The molecule has 0 aliphatic heterocycles. The second-order valence-corrected chi connectivity index (χ2v) is 8.18. The largest absolute Gasteiger partial charge is 0.496 e. The number of alkyl carbamates (subject to hydrolysis) is 1. The number of fused-ring (bicyclic) bond motifs is 3. The molecule has 35 heavy (non-hydrogen) atoms. The first kappa shape index (κ1) is 23.8. The van der Waals surface area contributed by atoms with Crippen molar-refractivity contribution in [1.82, 2.24) is 10.6 Å². The SMILES string of the molecule is CNC(=O)c1ccc(CC(NC(=O)OCC2c3ccccc3-c3ccccc32)C(=O)O)cc1OC. The molecule has 8 heteroatoms. The molecule has 0 saturated carbocycles. The molecule has 0 saturated heterocycles. The predicted molar refractivity (Wildman–Crippen MR) is 130 cm³/mol. The van der Waals surface area contributed by atoms with Crippen LogP contribution in [0.25, 0.3) is 11.1 Å². The highest BCUT2D eigenvalue weighted by molar-refractivity contribution is 5.96. The van der Waals surface area contributed by atoms with E-state index in [2.05, 4.69) is 10.6 Å². The molecule has 4 rings (SSSR count). The number of amides is 2. The lowest BCUT2D eigenvalue weighted by molar-refractivity contribution is -0.139. The number of carbonyl (C=O) groups is 3. The van der Waals surface area contributed by atoms with Crippen molar-refractivity contribution in [2.75, 3.05) is 20.8 Å². The molecule has 8 nitrogen and oxygen atoms in total. The molecular weight excluding hydrogens is 448 g/mol. The quantitative estimate of drug-likeness (QED) is 0.460. The number of ether oxygens (including phenoxy) is 2. The average molecular weight is 475 g/mol. The Hall–Kier alpha value is -4.33. The molecule has 0 aromatic heterocycles. The van der Waals surface area contributed by atoms with E-state index < -0.39 is 18.1 Å². The Morgan fingerprint density at radius 2 is 1.60 bits per heavy atom. The summed E-state index contributed by atoms with van der Waals surface area (Å²) in [4.78, 5) is 36.4. The highest BCUT2D eigenvalue weighted by Crippen LogP contribution is 2.44. The zero-order valence-corrected chi connectivity index (χ0v) is 19.4. The van der Waals surface area contributed by atoms with Gasteiger partial charge >= 0.3 is 12.1 Å². The molecular formula is C27H26N2O6. The van der Waals surface area contributed by atoms with E-state index in [0.717, 1.165) is 22.3 Å². The van der Waals surface area contributed by atoms with Crippen molar-refractivity contribution in [1.29, 1.82) is 0 Å². The molecule has 3 N–H and O–H groups in total. The van der Waals surface area contributed by atoms with Gasteiger partial charge in [-0.2, -0.15) is 0 Å². The van der Waals surface area contributed by atoms with Crippen LogP contribution in [0.2, 0.25) is 0 Å². The van der Waals surface area contributed by atoms with Crippen LogP contribution in [-0.2, 0) is 16.0 Å². The van der Waals surface area contributed by atoms with Crippen LogP contribution in [0.5, 0.6) is 5.75 Å². The van der Waals surface area contributed by atoms with E-state index in [0.29, 0.717) is 16.9 Å². The van der Waals surface area contributed by atoms with E-state index in [1.165, 1.54) is 14.2 Å². The monoisotopic (exact) mass is 474 g/mol. The Kier molecular flexibility index (Phi) is 7.01. The Morgan fingerprint density at radius 1 is 0.971 bits per heavy atom. The molecule has 1 unspecified atom stereocenters. The molecule has 2 amide bonds. The fourth-order valence-corrected chi connectivity index (χ4v) is 4.40. The summed E-state index contributed by atoms with van der Waals surface area (Å²) in [5.41, 5.74) is 5.26. The molecule has 0 spiro atoms. The van der Waals surface area contributed by atoms with Crippen LogP contribution in [0.3, 0.4) is 0 Å². The molecule has 3 aromatic rings. The number of carboxylic acids is 1. The minimum atomic E-state index is -1.22. The van der Waals surface area contributed by atoms with Gasteiger partial charge in [-0.05, 0) is 39.9 Å². The van der Waals surface area contributed by atoms with Crippen LogP contribution in [0.1, 0.15) is 33.0 Å². The average Bonchev–Trinajstić information content (AvgIpc) is 3.20. The van der Waals surface area contributed by atoms with Gasteiger partial charge in [-0.1, -0.05) is 54.6 Å². The number of nitrogens with one attached hydrogen (secondary N) is 2. The Bertz CT molecular complexity index is 1230. The number of benzene rings is 3. The second-order valence-electron chi connectivity index (χ2n) is 8.18. The fraction of sp³-hybridized carbons (Fsp3) is 0.222. The summed E-state index contributed by atoms with van der Waals surface area (Å²) < 4.78 is 10.7. The van der Waals surface area contributed by atoms with Crippen molar-refractivity contribution >= 4 is 18.0 Å². The Labute approximate surface area is 202 Å². The topological polar surface area (TPSA) is 114 Å². The van der Waals surface area contributed by atoms with E-state index in [-0.39, 0.29) is 24.9 Å². The summed E-state index contributed by atoms with van der Waals surface area (Å²) in [6, 6.07) is 19.5. The smallest absolute Gasteiger partial charge is 0.407 e. The number of rotatable bonds is 8. The van der Waals surface area contributed by atoms with Crippen LogP contribution >= 0.6 is 0 Å². The number of aliphatic carboxylic acids is 1. The van der Waals surface area contributed by atoms with Crippen molar-refractivity contribution in [2.24, 2.45) is 0 Å². The van der Waals surface area contributed by atoms with Gasteiger partial charge < -0.3 is 25.2 Å². The number of carboxylic acid groups (broad SMARTS) is 1. The first-order chi connectivity index (χ1) is 16.9. The van der Waals surface area contributed by atoms with E-state index in [1.807, 2.05) is 48.5 Å². The van der Waals surface area contributed by atoms with Gasteiger partial charge in [0.2, 0.25) is 0 Å². The lowest BCUT2D eigenvalue weighted by Gasteiger charge is -2.18. The van der Waals surface area contributed by atoms with Gasteiger partial charge in [0, 0.05) is 19.4 Å². The van der Waals surface area contributed by atoms with Gasteiger partial charge in [-0.3, -0.25) is 4.79 Å². The lowest BCUT2D eigenvalue weighted by atomic mass is 9.98. The van der Waals surface area contributed by atoms with Gasteiger partial charge in [0.1, 0.15) is 18.4 Å². The molecule has 1 aliphatic carbocycles. The third-order valence-corrected chi connectivity index (χ3v) is 6.11. The summed E-state index contributed by atoms with van der Waals surface area (Å²) in [5.74, 6) is -1.34. The normalized spacial score (nSPS) is 12.7. The fourth-order valence-electron chi connectivity index (χ4n) is 4.40. The highest BCUT2D eigenvalue weighted by Gasteiger charge is 2.30. The minimum Gasteiger partial charge on any atom is -0.496 e. The first-order valence-corrected chi connectivity index (χ1v) is 11.2. The van der Waals surface area contributed by atoms with E-state index >= 15 is 0 Å². The number of carbonyl (C=O) groups excluding carboxylic acids is 2. The second kappa shape index (κ2) is 10.3. The van der Waals surface area contributed by atoms with Gasteiger partial charge in [0.15, 0.2) is 0 Å². The number of hydrogen-bond acceptors (Lipinski definition) is 5. The summed E-state index contributed by atoms with van der Waals surface area (Å²) >= 11 is 0. The maximum Gasteiger partial charge on any atom is 0.407 e. The maximum atomic E-state index is 12.6. The Morgan fingerprint density at radius 3 is 2.17 bits per heavy atom. The lowest BCUT2D eigenvalue weighted by Crippen LogP contribution is -2.42. The van der Waals surface area contributed by atoms with Crippen LogP contribution < -0.4 is 15.4 Å². The summed E-state index contributed by atoms with van der Waals surface area (Å²) in [7, 11) is 2.93. The van der Waals surface area contributed by atoms with Crippen LogP contribution in [0.15, 0.2) is 66.7 Å². The summed E-state index contributed by atoms with van der Waals surface area (Å²) in [6.07, 6.45) is -0.822. The Balaban J connectivity index is 1.43. The van der Waals surface area contributed by atoms with E-state index in [1.54, 1.807) is 18.2 Å². The van der Waals surface area contributed by atoms with E-state index in [9.17, 15) is 19.5 Å². The van der Waals surface area contributed by atoms with Crippen LogP contribution in [0, 0.1) is 0 Å². The van der Waals surface area contributed by atoms with Crippen molar-refractivity contribution in [2.45, 2.75) is 18.4 Å². The standard InChI is InChI=1S/C27H26N2O6/c1-28-25(30)21-12-11-16(14-24(21)34-2)13-23(26(31)32)29-27(33)35-15-22-19-9-5-3-7-17(19)18-8-4-6-10-20(18)22/h3-12,14,22-23H,13,15H2,1-2H3,(H,28,30)(H,29,33)(H,31,32). The summed E-state index contributed by atoms with van der Waals surface area (Å²) in [5, 5.41) is 14.6. The molecule has 0 heterocycles. The molecule has 0 bridgehead atoms. The van der Waals surface area contributed by atoms with Crippen LogP contribution in [0.4, 0.5) is 4.79 Å². The van der Waals surface area contributed by atoms with Gasteiger partial charge in [-0.15, -0.1) is 0 Å². The first-order valence-electron chi connectivity index (χ1n) is 11.2. The third kappa shape index (κ3) is 4.96. The van der Waals surface area contributed by atoms with Crippen LogP contribution in [-0.4, -0.2) is 49.9 Å². The zero-order valence-electron chi connectivity index (χ0n) is 19.4. The zero-order chi connectivity index (χ0) is 24.9. The van der Waals surface area contributed by atoms with Crippen molar-refractivity contribution in [3.8, 4) is 16.9 Å². The molecule has 180 valence electrons. The van der Waals surface area contributed by atoms with Gasteiger partial charge in [0.05, 0.1) is 12.7 Å². The van der Waals surface area contributed by atoms with Gasteiger partial charge in [0.25, 0.3) is 5.91 Å². The number of methoxy groups -OCH3 is 1. The number of hydrogen-bond donors (Lipinski definition) is 3. The minimum absolute atomic E-state index is 0.0100. The molecule has 0 fully saturated rings. The molecule has 0 radical (unpaired) electrons. The predicted octanol–water partition coefficient (Wildman–Crippen LogP) is 3.59. The maximum absolute atomic E-state index is 12.6. The van der Waals surface area contributed by atoms with Crippen molar-refractivity contribution < 1.29 is 29.0 Å². The third-order valence-electron chi connectivity index (χ3n) is 6.11. The van der Waals surface area contributed by atoms with Crippen molar-refractivity contribution in [3.63, 3.8) is 0 Å². The molecule has 1 aliphatic rings.